The van der Waals surface area contributed by atoms with Crippen LogP contribution in [0.25, 0.3) is 16.7 Å². The summed E-state index contributed by atoms with van der Waals surface area (Å²) in [5.74, 6) is 1.65. The molecule has 5 nitrogen and oxygen atoms in total. The summed E-state index contributed by atoms with van der Waals surface area (Å²) in [6.45, 7) is 0. The van der Waals surface area contributed by atoms with E-state index in [1.165, 1.54) is 5.56 Å². The zero-order valence-corrected chi connectivity index (χ0v) is 12.2. The van der Waals surface area contributed by atoms with E-state index < -0.39 is 0 Å². The van der Waals surface area contributed by atoms with Gasteiger partial charge in [0, 0.05) is 13.5 Å². The summed E-state index contributed by atoms with van der Waals surface area (Å²) in [6, 6.07) is 18.3. The molecule has 5 heteroatoms. The first-order valence-corrected chi connectivity index (χ1v) is 7.21. The van der Waals surface area contributed by atoms with E-state index in [4.69, 9.17) is 0 Å². The van der Waals surface area contributed by atoms with E-state index in [1.54, 1.807) is 0 Å². The molecule has 4 rings (SSSR count). The third-order valence-electron chi connectivity index (χ3n) is 3.74. The molecule has 4 aromatic rings. The van der Waals surface area contributed by atoms with Gasteiger partial charge in [0.25, 0.3) is 0 Å². The van der Waals surface area contributed by atoms with Gasteiger partial charge >= 0.3 is 0 Å². The number of hydrogen-bond donors (Lipinski definition) is 1. The van der Waals surface area contributed by atoms with Gasteiger partial charge in [-0.15, -0.1) is 10.2 Å². The molecule has 0 spiro atoms. The van der Waals surface area contributed by atoms with Gasteiger partial charge in [-0.1, -0.05) is 42.5 Å². The Bertz CT molecular complexity index is 943. The second-order valence-electron chi connectivity index (χ2n) is 5.14. The predicted octanol–water partition coefficient (Wildman–Crippen LogP) is 2.91. The van der Waals surface area contributed by atoms with E-state index in [1.807, 2.05) is 49.5 Å². The van der Waals surface area contributed by atoms with Crippen molar-refractivity contribution in [2.45, 2.75) is 6.42 Å². The number of aromatic nitrogens is 4. The van der Waals surface area contributed by atoms with Crippen LogP contribution in [0.5, 0.6) is 0 Å². The van der Waals surface area contributed by atoms with Crippen molar-refractivity contribution in [2.24, 2.45) is 0 Å². The summed E-state index contributed by atoms with van der Waals surface area (Å²) < 4.78 is 2.08. The average Bonchev–Trinajstić information content (AvgIpc) is 2.99. The summed E-state index contributed by atoms with van der Waals surface area (Å²) in [7, 11) is 1.85. The maximum atomic E-state index is 4.61. The maximum Gasteiger partial charge on any atom is 0.204 e. The molecule has 2 aromatic carbocycles. The largest absolute Gasteiger partial charge is 0.370 e. The third-order valence-corrected chi connectivity index (χ3v) is 3.74. The van der Waals surface area contributed by atoms with Gasteiger partial charge in [-0.2, -0.15) is 0 Å². The fraction of sp³-hybridized carbons (Fsp3) is 0.118. The van der Waals surface area contributed by atoms with Gasteiger partial charge in [-0.3, -0.25) is 4.40 Å². The minimum Gasteiger partial charge on any atom is -0.370 e. The van der Waals surface area contributed by atoms with Crippen molar-refractivity contribution in [3.05, 3.63) is 66.0 Å². The number of para-hydroxylation sites is 2. The number of anilines is 1. The molecule has 22 heavy (non-hydrogen) atoms. The molecule has 0 aliphatic heterocycles. The zero-order chi connectivity index (χ0) is 14.9. The van der Waals surface area contributed by atoms with Crippen LogP contribution in [0.1, 0.15) is 11.4 Å². The number of hydrogen-bond acceptors (Lipinski definition) is 4. The first kappa shape index (κ1) is 12.8. The van der Waals surface area contributed by atoms with Crippen LogP contribution in [-0.2, 0) is 6.42 Å². The van der Waals surface area contributed by atoms with Crippen LogP contribution < -0.4 is 5.32 Å². The molecule has 0 atom stereocenters. The lowest BCUT2D eigenvalue weighted by atomic mass is 10.1. The lowest BCUT2D eigenvalue weighted by Crippen LogP contribution is -2.02. The number of nitrogens with one attached hydrogen (secondary N) is 1. The van der Waals surface area contributed by atoms with Crippen molar-refractivity contribution in [1.29, 1.82) is 0 Å². The van der Waals surface area contributed by atoms with E-state index in [0.29, 0.717) is 0 Å². The van der Waals surface area contributed by atoms with Gasteiger partial charge in [0.15, 0.2) is 5.82 Å². The van der Waals surface area contributed by atoms with E-state index >= 15 is 0 Å². The molecule has 0 radical (unpaired) electrons. The first-order chi connectivity index (χ1) is 10.9. The molecule has 0 aliphatic carbocycles. The van der Waals surface area contributed by atoms with Crippen molar-refractivity contribution in [3.63, 3.8) is 0 Å². The maximum absolute atomic E-state index is 4.61. The quantitative estimate of drug-likeness (QED) is 0.630. The molecule has 0 amide bonds. The number of rotatable bonds is 3. The molecule has 2 heterocycles. The van der Waals surface area contributed by atoms with Gasteiger partial charge < -0.3 is 5.32 Å². The number of fused-ring (bicyclic) bond motifs is 3. The Labute approximate surface area is 127 Å². The molecule has 0 saturated carbocycles. The van der Waals surface area contributed by atoms with Crippen LogP contribution in [0.3, 0.4) is 0 Å². The highest BCUT2D eigenvalue weighted by Gasteiger charge is 2.14. The van der Waals surface area contributed by atoms with Crippen LogP contribution in [0.2, 0.25) is 0 Å². The second kappa shape index (κ2) is 5.11. The molecular weight excluding hydrogens is 274 g/mol. The van der Waals surface area contributed by atoms with Crippen LogP contribution in [0.15, 0.2) is 54.6 Å². The number of benzene rings is 2. The van der Waals surface area contributed by atoms with E-state index in [9.17, 15) is 0 Å². The molecule has 0 aliphatic rings. The van der Waals surface area contributed by atoms with Crippen molar-refractivity contribution >= 4 is 22.5 Å². The van der Waals surface area contributed by atoms with Gasteiger partial charge in [0.2, 0.25) is 5.65 Å². The fourth-order valence-electron chi connectivity index (χ4n) is 2.70. The summed E-state index contributed by atoms with van der Waals surface area (Å²) in [4.78, 5) is 4.61. The van der Waals surface area contributed by atoms with Crippen LogP contribution in [-0.4, -0.2) is 26.6 Å². The van der Waals surface area contributed by atoms with Gasteiger partial charge in [0.05, 0.1) is 11.0 Å². The monoisotopic (exact) mass is 289 g/mol. The Kier molecular flexibility index (Phi) is 2.96. The zero-order valence-electron chi connectivity index (χ0n) is 12.2. The SMILES string of the molecule is CNc1nc2ccccc2n2c(Cc3ccccc3)nnc12. The van der Waals surface area contributed by atoms with Crippen molar-refractivity contribution in [2.75, 3.05) is 12.4 Å². The molecule has 2 aromatic heterocycles. The normalized spacial score (nSPS) is 11.1. The second-order valence-corrected chi connectivity index (χ2v) is 5.14. The topological polar surface area (TPSA) is 55.1 Å². The minimum absolute atomic E-state index is 0.735. The summed E-state index contributed by atoms with van der Waals surface area (Å²) in [5.41, 5.74) is 3.91. The fourth-order valence-corrected chi connectivity index (χ4v) is 2.70. The standard InChI is InChI=1S/C17H15N5/c1-18-16-17-21-20-15(11-12-7-3-2-4-8-12)22(17)14-10-6-5-9-13(14)19-16/h2-10H,11H2,1H3,(H,18,19). The molecule has 0 unspecified atom stereocenters. The Morgan fingerprint density at radius 3 is 2.55 bits per heavy atom. The lowest BCUT2D eigenvalue weighted by Gasteiger charge is -2.08. The van der Waals surface area contributed by atoms with Gasteiger partial charge in [0.1, 0.15) is 5.82 Å². The summed E-state index contributed by atoms with van der Waals surface area (Å²) >= 11 is 0. The first-order valence-electron chi connectivity index (χ1n) is 7.21. The molecule has 108 valence electrons. The molecule has 1 N–H and O–H groups in total. The molecule has 0 fully saturated rings. The Hall–Kier alpha value is -2.95. The van der Waals surface area contributed by atoms with E-state index in [2.05, 4.69) is 37.0 Å². The summed E-state index contributed by atoms with van der Waals surface area (Å²) in [6.07, 6.45) is 0.735. The highest BCUT2D eigenvalue weighted by Crippen LogP contribution is 2.22. The van der Waals surface area contributed by atoms with Crippen molar-refractivity contribution < 1.29 is 0 Å². The Morgan fingerprint density at radius 2 is 1.73 bits per heavy atom. The molecule has 0 bridgehead atoms. The van der Waals surface area contributed by atoms with E-state index in [0.717, 1.165) is 34.7 Å². The Balaban J connectivity index is 1.98. The van der Waals surface area contributed by atoms with Crippen molar-refractivity contribution in [3.8, 4) is 0 Å². The predicted molar refractivity (Wildman–Crippen MR) is 87.1 cm³/mol. The lowest BCUT2D eigenvalue weighted by molar-refractivity contribution is 0.948. The van der Waals surface area contributed by atoms with Crippen LogP contribution in [0.4, 0.5) is 5.82 Å². The average molecular weight is 289 g/mol. The highest BCUT2D eigenvalue weighted by atomic mass is 15.3. The van der Waals surface area contributed by atoms with Crippen LogP contribution in [0, 0.1) is 0 Å². The molecule has 0 saturated heterocycles. The van der Waals surface area contributed by atoms with Crippen molar-refractivity contribution in [1.82, 2.24) is 19.6 Å². The van der Waals surface area contributed by atoms with Gasteiger partial charge in [-0.25, -0.2) is 4.98 Å². The minimum atomic E-state index is 0.735. The summed E-state index contributed by atoms with van der Waals surface area (Å²) in [5, 5.41) is 11.8. The van der Waals surface area contributed by atoms with Gasteiger partial charge in [-0.05, 0) is 17.7 Å². The highest BCUT2D eigenvalue weighted by molar-refractivity contribution is 5.82. The van der Waals surface area contributed by atoms with Crippen LogP contribution >= 0.6 is 0 Å². The third kappa shape index (κ3) is 1.98. The molecular formula is C17H15N5. The smallest absolute Gasteiger partial charge is 0.204 e. The van der Waals surface area contributed by atoms with E-state index in [-0.39, 0.29) is 0 Å². The number of nitrogens with zero attached hydrogens (tertiary/aromatic N) is 4. The Morgan fingerprint density at radius 1 is 0.955 bits per heavy atom.